The Kier molecular flexibility index (Phi) is 4.58. The van der Waals surface area contributed by atoms with E-state index >= 15 is 0 Å². The Balaban J connectivity index is 1.79. The van der Waals surface area contributed by atoms with E-state index in [9.17, 15) is 5.11 Å². The van der Waals surface area contributed by atoms with Gasteiger partial charge in [-0.2, -0.15) is 0 Å². The van der Waals surface area contributed by atoms with Crippen molar-refractivity contribution in [3.63, 3.8) is 0 Å². The molecule has 3 rings (SSSR count). The minimum atomic E-state index is -0.500. The van der Waals surface area contributed by atoms with Crippen molar-refractivity contribution in [2.24, 2.45) is 0 Å². The molecule has 2 aromatic carbocycles. The summed E-state index contributed by atoms with van der Waals surface area (Å²) in [5.41, 5.74) is 0.956. The van der Waals surface area contributed by atoms with Crippen molar-refractivity contribution < 1.29 is 5.11 Å². The van der Waals surface area contributed by atoms with Crippen molar-refractivity contribution in [1.29, 1.82) is 0 Å². The average Bonchev–Trinajstić information content (AvgIpc) is 2.52. The first kappa shape index (κ1) is 14.6. The summed E-state index contributed by atoms with van der Waals surface area (Å²) in [7, 11) is 0. The van der Waals surface area contributed by atoms with Crippen LogP contribution in [0.1, 0.15) is 11.7 Å². The van der Waals surface area contributed by atoms with Gasteiger partial charge < -0.3 is 5.11 Å². The van der Waals surface area contributed by atoms with E-state index in [0.717, 1.165) is 25.7 Å². The molecule has 0 aliphatic heterocycles. The summed E-state index contributed by atoms with van der Waals surface area (Å²) in [6.45, 7) is 0. The molecule has 0 aliphatic rings. The standard InChI is InChI=1S/C17H14BrNOS/c18-13-4-2-5-14(9-13)21-11-17(20)16-6-1-3-12-10-19-8-7-15(12)16/h1-10,17,20H,11H2. The summed E-state index contributed by atoms with van der Waals surface area (Å²) >= 11 is 5.11. The molecule has 0 amide bonds. The van der Waals surface area contributed by atoms with E-state index in [1.54, 1.807) is 18.0 Å². The first-order valence-electron chi connectivity index (χ1n) is 6.63. The molecule has 1 heterocycles. The molecule has 1 unspecified atom stereocenters. The fraction of sp³-hybridized carbons (Fsp3) is 0.118. The molecule has 1 N–H and O–H groups in total. The second-order valence-corrected chi connectivity index (χ2v) is 6.74. The van der Waals surface area contributed by atoms with Crippen LogP contribution in [0.4, 0.5) is 0 Å². The number of hydrogen-bond acceptors (Lipinski definition) is 3. The number of nitrogens with zero attached hydrogens (tertiary/aromatic N) is 1. The normalized spacial score (nSPS) is 12.5. The van der Waals surface area contributed by atoms with Crippen molar-refractivity contribution in [3.05, 3.63) is 71.0 Å². The highest BCUT2D eigenvalue weighted by Gasteiger charge is 2.11. The maximum absolute atomic E-state index is 10.5. The van der Waals surface area contributed by atoms with Gasteiger partial charge in [0.25, 0.3) is 0 Å². The lowest BCUT2D eigenvalue weighted by molar-refractivity contribution is 0.205. The second kappa shape index (κ2) is 6.60. The van der Waals surface area contributed by atoms with Gasteiger partial charge in [0.15, 0.2) is 0 Å². The first-order chi connectivity index (χ1) is 10.2. The van der Waals surface area contributed by atoms with Crippen LogP contribution in [0.15, 0.2) is 70.3 Å². The molecule has 21 heavy (non-hydrogen) atoms. The third-order valence-corrected chi connectivity index (χ3v) is 4.84. The predicted octanol–water partition coefficient (Wildman–Crippen LogP) is 4.82. The molecule has 0 aliphatic carbocycles. The quantitative estimate of drug-likeness (QED) is 0.677. The zero-order valence-corrected chi connectivity index (χ0v) is 13.6. The Bertz CT molecular complexity index is 757. The minimum Gasteiger partial charge on any atom is -0.388 e. The lowest BCUT2D eigenvalue weighted by Crippen LogP contribution is -2.01. The lowest BCUT2D eigenvalue weighted by atomic mass is 10.0. The van der Waals surface area contributed by atoms with Crippen LogP contribution < -0.4 is 0 Å². The van der Waals surface area contributed by atoms with Crippen molar-refractivity contribution in [3.8, 4) is 0 Å². The number of halogens is 1. The molecule has 0 bridgehead atoms. The number of aliphatic hydroxyl groups is 1. The molecule has 0 radical (unpaired) electrons. The van der Waals surface area contributed by atoms with E-state index < -0.39 is 6.10 Å². The molecular formula is C17H14BrNOS. The van der Waals surface area contributed by atoms with Crippen LogP contribution in [-0.4, -0.2) is 15.8 Å². The second-order valence-electron chi connectivity index (χ2n) is 4.73. The summed E-state index contributed by atoms with van der Waals surface area (Å²) in [6.07, 6.45) is 3.09. The molecule has 1 aromatic heterocycles. The van der Waals surface area contributed by atoms with E-state index in [2.05, 4.69) is 33.0 Å². The highest BCUT2D eigenvalue weighted by molar-refractivity contribution is 9.10. The maximum Gasteiger partial charge on any atom is 0.0889 e. The van der Waals surface area contributed by atoms with Crippen LogP contribution in [0.25, 0.3) is 10.8 Å². The molecule has 106 valence electrons. The Morgan fingerprint density at radius 3 is 2.86 bits per heavy atom. The molecular weight excluding hydrogens is 346 g/mol. The summed E-state index contributed by atoms with van der Waals surface area (Å²) in [4.78, 5) is 5.27. The largest absolute Gasteiger partial charge is 0.388 e. The molecule has 4 heteroatoms. The Hall–Kier alpha value is -1.36. The van der Waals surface area contributed by atoms with Crippen LogP contribution in [0.3, 0.4) is 0 Å². The van der Waals surface area contributed by atoms with Crippen LogP contribution in [-0.2, 0) is 0 Å². The third-order valence-electron chi connectivity index (χ3n) is 3.28. The van der Waals surface area contributed by atoms with Crippen LogP contribution in [0, 0.1) is 0 Å². The first-order valence-corrected chi connectivity index (χ1v) is 8.41. The lowest BCUT2D eigenvalue weighted by Gasteiger charge is -2.13. The van der Waals surface area contributed by atoms with Crippen molar-refractivity contribution in [2.75, 3.05) is 5.75 Å². The number of hydrogen-bond donors (Lipinski definition) is 1. The maximum atomic E-state index is 10.5. The van der Waals surface area contributed by atoms with Crippen molar-refractivity contribution in [1.82, 2.24) is 4.98 Å². The van der Waals surface area contributed by atoms with E-state index in [1.165, 1.54) is 0 Å². The van der Waals surface area contributed by atoms with Gasteiger partial charge in [-0.25, -0.2) is 0 Å². The number of rotatable bonds is 4. The zero-order chi connectivity index (χ0) is 14.7. The van der Waals surface area contributed by atoms with E-state index in [1.807, 2.05) is 42.6 Å². The van der Waals surface area contributed by atoms with Crippen molar-refractivity contribution in [2.45, 2.75) is 11.0 Å². The Morgan fingerprint density at radius 1 is 1.14 bits per heavy atom. The van der Waals surface area contributed by atoms with Gasteiger partial charge in [0.2, 0.25) is 0 Å². The molecule has 2 nitrogen and oxygen atoms in total. The molecule has 3 aromatic rings. The fourth-order valence-corrected chi connectivity index (χ4v) is 3.73. The summed E-state index contributed by atoms with van der Waals surface area (Å²) in [5, 5.41) is 12.6. The summed E-state index contributed by atoms with van der Waals surface area (Å²) < 4.78 is 1.05. The molecule has 0 saturated heterocycles. The molecule has 0 spiro atoms. The third kappa shape index (κ3) is 3.46. The van der Waals surface area contributed by atoms with Gasteiger partial charge >= 0.3 is 0 Å². The van der Waals surface area contributed by atoms with Crippen LogP contribution in [0.5, 0.6) is 0 Å². The van der Waals surface area contributed by atoms with Gasteiger partial charge in [-0.05, 0) is 35.2 Å². The smallest absolute Gasteiger partial charge is 0.0889 e. The number of aromatic nitrogens is 1. The average molecular weight is 360 g/mol. The summed E-state index contributed by atoms with van der Waals surface area (Å²) in [6, 6.07) is 16.0. The molecule has 1 atom stereocenters. The van der Waals surface area contributed by atoms with E-state index in [4.69, 9.17) is 0 Å². The number of benzene rings is 2. The highest BCUT2D eigenvalue weighted by Crippen LogP contribution is 2.29. The van der Waals surface area contributed by atoms with Gasteiger partial charge in [-0.15, -0.1) is 11.8 Å². The van der Waals surface area contributed by atoms with E-state index in [0.29, 0.717) is 5.75 Å². The van der Waals surface area contributed by atoms with E-state index in [-0.39, 0.29) is 0 Å². The van der Waals surface area contributed by atoms with Gasteiger partial charge in [-0.1, -0.05) is 40.2 Å². The minimum absolute atomic E-state index is 0.500. The Morgan fingerprint density at radius 2 is 2.00 bits per heavy atom. The van der Waals surface area contributed by atoms with Gasteiger partial charge in [0.05, 0.1) is 6.10 Å². The summed E-state index contributed by atoms with van der Waals surface area (Å²) in [5.74, 6) is 0.623. The topological polar surface area (TPSA) is 33.1 Å². The van der Waals surface area contributed by atoms with Crippen LogP contribution in [0.2, 0.25) is 0 Å². The number of aliphatic hydroxyl groups excluding tert-OH is 1. The zero-order valence-electron chi connectivity index (χ0n) is 11.2. The monoisotopic (exact) mass is 359 g/mol. The predicted molar refractivity (Wildman–Crippen MR) is 91.6 cm³/mol. The molecule has 0 fully saturated rings. The van der Waals surface area contributed by atoms with Gasteiger partial charge in [0, 0.05) is 32.9 Å². The Labute approximate surface area is 136 Å². The van der Waals surface area contributed by atoms with Gasteiger partial charge in [0.1, 0.15) is 0 Å². The molecule has 0 saturated carbocycles. The van der Waals surface area contributed by atoms with Crippen LogP contribution >= 0.6 is 27.7 Å². The number of pyridine rings is 1. The number of fused-ring (bicyclic) bond motifs is 1. The van der Waals surface area contributed by atoms with Crippen molar-refractivity contribution >= 4 is 38.5 Å². The highest BCUT2D eigenvalue weighted by atomic mass is 79.9. The van der Waals surface area contributed by atoms with Gasteiger partial charge in [-0.3, -0.25) is 4.98 Å². The SMILES string of the molecule is OC(CSc1cccc(Br)c1)c1cccc2cnccc12. The number of thioether (sulfide) groups is 1. The fourth-order valence-electron chi connectivity index (χ4n) is 2.26.